The largest absolute Gasteiger partial charge is 0.372 e. The van der Waals surface area contributed by atoms with Crippen molar-refractivity contribution in [3.63, 3.8) is 0 Å². The first-order chi connectivity index (χ1) is 26.6. The van der Waals surface area contributed by atoms with Crippen LogP contribution in [0.1, 0.15) is 99.9 Å². The summed E-state index contributed by atoms with van der Waals surface area (Å²) in [5.74, 6) is 0. The van der Waals surface area contributed by atoms with Gasteiger partial charge in [0.25, 0.3) is 0 Å². The lowest BCUT2D eigenvalue weighted by molar-refractivity contribution is 0.678. The summed E-state index contributed by atoms with van der Waals surface area (Å²) >= 11 is 7.52. The molecular weight excluding hydrogens is 733 g/mol. The maximum Gasteiger partial charge on any atom is 0.0449 e. The molecule has 2 aromatic carbocycles. The van der Waals surface area contributed by atoms with Gasteiger partial charge >= 0.3 is 0 Å². The zero-order valence-electron chi connectivity index (χ0n) is 32.6. The first-order valence-electron chi connectivity index (χ1n) is 20.0. The lowest BCUT2D eigenvalue weighted by Crippen LogP contribution is -2.25. The van der Waals surface area contributed by atoms with Crippen molar-refractivity contribution in [1.29, 1.82) is 0 Å². The third-order valence-corrected chi connectivity index (χ3v) is 14.6. The van der Waals surface area contributed by atoms with Gasteiger partial charge in [0, 0.05) is 76.6 Å². The van der Waals surface area contributed by atoms with Crippen LogP contribution < -0.4 is 9.80 Å². The molecule has 0 N–H and O–H groups in total. The van der Waals surface area contributed by atoms with Crippen LogP contribution in [0, 0.1) is 0 Å². The number of hydrogen-bond donors (Lipinski definition) is 0. The molecule has 0 bridgehead atoms. The van der Waals surface area contributed by atoms with E-state index < -0.39 is 0 Å². The molecule has 4 heterocycles. The molecule has 6 rings (SSSR count). The molecule has 4 aromatic heterocycles. The summed E-state index contributed by atoms with van der Waals surface area (Å²) in [7, 11) is 0. The van der Waals surface area contributed by atoms with E-state index in [1.165, 1.54) is 113 Å². The van der Waals surface area contributed by atoms with Crippen LogP contribution in [-0.4, -0.2) is 26.2 Å². The summed E-state index contributed by atoms with van der Waals surface area (Å²) in [4.78, 5) is 15.7. The molecule has 0 aliphatic rings. The molecule has 0 saturated heterocycles. The quantitative estimate of drug-likeness (QED) is 0.0717. The molecule has 0 unspecified atom stereocenters. The number of anilines is 2. The number of thiophene rings is 4. The lowest BCUT2D eigenvalue weighted by Gasteiger charge is -2.24. The van der Waals surface area contributed by atoms with Crippen LogP contribution in [0.3, 0.4) is 0 Å². The molecular formula is C48H56N2S4. The predicted octanol–water partition coefficient (Wildman–Crippen LogP) is 16.1. The molecule has 0 aliphatic carbocycles. The van der Waals surface area contributed by atoms with E-state index in [2.05, 4.69) is 159 Å². The van der Waals surface area contributed by atoms with Crippen LogP contribution in [0.2, 0.25) is 0 Å². The van der Waals surface area contributed by atoms with Crippen molar-refractivity contribution in [3.05, 3.63) is 118 Å². The van der Waals surface area contributed by atoms with Crippen LogP contribution in [0.25, 0.3) is 53.6 Å². The Bertz CT molecular complexity index is 1870. The average Bonchev–Trinajstić information content (AvgIpc) is 4.04. The van der Waals surface area contributed by atoms with E-state index in [1.807, 2.05) is 45.3 Å². The first-order valence-corrected chi connectivity index (χ1v) is 23.3. The Morgan fingerprint density at radius 3 is 0.963 bits per heavy atom. The second-order valence-electron chi connectivity index (χ2n) is 14.0. The highest BCUT2D eigenvalue weighted by atomic mass is 32.1. The van der Waals surface area contributed by atoms with E-state index in [-0.39, 0.29) is 0 Å². The number of rotatable bonds is 21. The lowest BCUT2D eigenvalue weighted by atomic mass is 10.1. The van der Waals surface area contributed by atoms with Gasteiger partial charge in [-0.2, -0.15) is 0 Å². The van der Waals surface area contributed by atoms with Gasteiger partial charge in [0.05, 0.1) is 0 Å². The Kier molecular flexibility index (Phi) is 15.4. The van der Waals surface area contributed by atoms with Gasteiger partial charge in [0.1, 0.15) is 0 Å². The summed E-state index contributed by atoms with van der Waals surface area (Å²) in [6.45, 7) is 13.7. The minimum Gasteiger partial charge on any atom is -0.372 e. The van der Waals surface area contributed by atoms with E-state index in [1.54, 1.807) is 0 Å². The van der Waals surface area contributed by atoms with Crippen molar-refractivity contribution in [3.8, 4) is 29.3 Å². The zero-order valence-corrected chi connectivity index (χ0v) is 35.8. The number of benzene rings is 2. The highest BCUT2D eigenvalue weighted by molar-refractivity contribution is 7.28. The van der Waals surface area contributed by atoms with E-state index in [9.17, 15) is 0 Å². The molecule has 6 heteroatoms. The smallest absolute Gasteiger partial charge is 0.0449 e. The maximum absolute atomic E-state index is 2.55. The van der Waals surface area contributed by atoms with Gasteiger partial charge in [-0.05, 0) is 122 Å². The van der Waals surface area contributed by atoms with E-state index in [0.717, 1.165) is 26.2 Å². The summed E-state index contributed by atoms with van der Waals surface area (Å²) in [5.41, 5.74) is 5.18. The molecule has 6 aromatic rings. The van der Waals surface area contributed by atoms with Crippen molar-refractivity contribution in [2.45, 2.75) is 79.1 Å². The van der Waals surface area contributed by atoms with Crippen LogP contribution in [0.5, 0.6) is 0 Å². The maximum atomic E-state index is 2.55. The van der Waals surface area contributed by atoms with Gasteiger partial charge in [-0.15, -0.1) is 45.3 Å². The van der Waals surface area contributed by atoms with Crippen molar-refractivity contribution in [2.24, 2.45) is 0 Å². The standard InChI is InChI=1S/C48H56N2S4/c1-5-9-33-49(34-10-6-2)39-19-13-37(14-20-39)17-23-41-25-27-43(51-41)45-29-31-47(53-45)48-32-30-46(54-48)44-28-26-42(52-44)24-18-38-15-21-40(22-16-38)50(35-11-7-3)36-12-8-4/h13-32H,5-12,33-36H2,1-4H3/b23-17+,24-18+. The predicted molar refractivity (Wildman–Crippen MR) is 249 cm³/mol. The van der Waals surface area contributed by atoms with E-state index in [4.69, 9.17) is 0 Å². The minimum atomic E-state index is 1.14. The molecule has 0 radical (unpaired) electrons. The Morgan fingerprint density at radius 1 is 0.352 bits per heavy atom. The Balaban J connectivity index is 1.04. The molecule has 2 nitrogen and oxygen atoms in total. The normalized spacial score (nSPS) is 11.7. The first kappa shape index (κ1) is 40.0. The SMILES string of the molecule is CCCCN(CCCC)c1ccc(/C=C/c2ccc(-c3ccc(-c4ccc(-c5ccc(/C=C/c6ccc(N(CCCC)CCCC)cc6)s5)s4)s3)s2)cc1. The van der Waals surface area contributed by atoms with Gasteiger partial charge in [0.15, 0.2) is 0 Å². The number of unbranched alkanes of at least 4 members (excludes halogenated alkanes) is 4. The zero-order chi connectivity index (χ0) is 37.5. The molecule has 0 fully saturated rings. The summed E-state index contributed by atoms with van der Waals surface area (Å²) in [5, 5.41) is 0. The van der Waals surface area contributed by atoms with E-state index >= 15 is 0 Å². The average molecular weight is 789 g/mol. The molecule has 282 valence electrons. The molecule has 0 aliphatic heterocycles. The van der Waals surface area contributed by atoms with Crippen LogP contribution in [-0.2, 0) is 0 Å². The van der Waals surface area contributed by atoms with E-state index in [0.29, 0.717) is 0 Å². The van der Waals surface area contributed by atoms with Gasteiger partial charge in [-0.25, -0.2) is 0 Å². The highest BCUT2D eigenvalue weighted by Crippen LogP contribution is 2.43. The molecule has 0 atom stereocenters. The molecule has 54 heavy (non-hydrogen) atoms. The van der Waals surface area contributed by atoms with Gasteiger partial charge < -0.3 is 9.80 Å². The van der Waals surface area contributed by atoms with Crippen LogP contribution in [0.4, 0.5) is 11.4 Å². The third-order valence-electron chi connectivity index (χ3n) is 9.72. The van der Waals surface area contributed by atoms with Gasteiger partial charge in [-0.3, -0.25) is 0 Å². The fraction of sp³-hybridized carbons (Fsp3) is 0.333. The Hall–Kier alpha value is -3.68. The fourth-order valence-electron chi connectivity index (χ4n) is 6.44. The molecule has 0 spiro atoms. The Morgan fingerprint density at radius 2 is 0.648 bits per heavy atom. The van der Waals surface area contributed by atoms with Gasteiger partial charge in [0.2, 0.25) is 0 Å². The highest BCUT2D eigenvalue weighted by Gasteiger charge is 2.12. The van der Waals surface area contributed by atoms with Crippen LogP contribution >= 0.6 is 45.3 Å². The van der Waals surface area contributed by atoms with Gasteiger partial charge in [-0.1, -0.05) is 89.8 Å². The molecule has 0 amide bonds. The fourth-order valence-corrected chi connectivity index (χ4v) is 10.5. The van der Waals surface area contributed by atoms with Crippen molar-refractivity contribution >= 4 is 81.0 Å². The number of hydrogen-bond acceptors (Lipinski definition) is 6. The van der Waals surface area contributed by atoms with Crippen LogP contribution in [0.15, 0.2) is 97.1 Å². The topological polar surface area (TPSA) is 6.48 Å². The minimum absolute atomic E-state index is 1.14. The van der Waals surface area contributed by atoms with Crippen molar-refractivity contribution < 1.29 is 0 Å². The number of nitrogens with zero attached hydrogens (tertiary/aromatic N) is 2. The van der Waals surface area contributed by atoms with Crippen molar-refractivity contribution in [2.75, 3.05) is 36.0 Å². The second kappa shape index (κ2) is 20.8. The summed E-state index contributed by atoms with van der Waals surface area (Å²) in [6, 6.07) is 36.4. The monoisotopic (exact) mass is 788 g/mol. The Labute approximate surface area is 341 Å². The summed E-state index contributed by atoms with van der Waals surface area (Å²) in [6.07, 6.45) is 18.9. The third kappa shape index (κ3) is 11.2. The summed E-state index contributed by atoms with van der Waals surface area (Å²) < 4.78 is 0. The second-order valence-corrected chi connectivity index (χ2v) is 18.4. The van der Waals surface area contributed by atoms with Crippen molar-refractivity contribution in [1.82, 2.24) is 0 Å². The molecule has 0 saturated carbocycles.